The highest BCUT2D eigenvalue weighted by molar-refractivity contribution is 5.79. The molecule has 17 heavy (non-hydrogen) atoms. The van der Waals surface area contributed by atoms with E-state index in [0.717, 1.165) is 38.8 Å². The van der Waals surface area contributed by atoms with Crippen LogP contribution in [0.3, 0.4) is 0 Å². The van der Waals surface area contributed by atoms with Crippen LogP contribution in [0, 0.1) is 17.8 Å². The van der Waals surface area contributed by atoms with Gasteiger partial charge in [-0.15, -0.1) is 0 Å². The molecule has 1 saturated heterocycles. The molecule has 2 aliphatic rings. The zero-order valence-electron chi connectivity index (χ0n) is 10.5. The maximum atomic E-state index is 12.4. The summed E-state index contributed by atoms with van der Waals surface area (Å²) in [5, 5.41) is 9.12. The summed E-state index contributed by atoms with van der Waals surface area (Å²) in [5.41, 5.74) is 5.77. The minimum Gasteiger partial charge on any atom is -0.396 e. The molecular formula is C13H24N2O2. The van der Waals surface area contributed by atoms with E-state index < -0.39 is 0 Å². The van der Waals surface area contributed by atoms with Gasteiger partial charge in [-0.05, 0) is 31.7 Å². The summed E-state index contributed by atoms with van der Waals surface area (Å²) in [7, 11) is 0. The summed E-state index contributed by atoms with van der Waals surface area (Å²) in [5.74, 6) is 1.10. The third-order valence-corrected chi connectivity index (χ3v) is 4.38. The second-order valence-electron chi connectivity index (χ2n) is 5.51. The van der Waals surface area contributed by atoms with Gasteiger partial charge in [0.1, 0.15) is 0 Å². The van der Waals surface area contributed by atoms with Crippen molar-refractivity contribution < 1.29 is 9.90 Å². The normalized spacial score (nSPS) is 34.0. The third-order valence-electron chi connectivity index (χ3n) is 4.38. The van der Waals surface area contributed by atoms with Crippen molar-refractivity contribution in [2.45, 2.75) is 32.1 Å². The molecule has 0 radical (unpaired) electrons. The van der Waals surface area contributed by atoms with E-state index >= 15 is 0 Å². The minimum atomic E-state index is 0.145. The van der Waals surface area contributed by atoms with E-state index in [2.05, 4.69) is 0 Å². The molecule has 4 heteroatoms. The Hall–Kier alpha value is -0.610. The fraction of sp³-hybridized carbons (Fsp3) is 0.923. The zero-order valence-corrected chi connectivity index (χ0v) is 10.5. The maximum absolute atomic E-state index is 12.4. The lowest BCUT2D eigenvalue weighted by Crippen LogP contribution is -2.41. The molecule has 1 aliphatic carbocycles. The molecule has 1 aliphatic heterocycles. The number of aliphatic hydroxyl groups is 1. The van der Waals surface area contributed by atoms with E-state index in [0.29, 0.717) is 18.4 Å². The Labute approximate surface area is 103 Å². The number of likely N-dealkylation sites (tertiary alicyclic amines) is 1. The van der Waals surface area contributed by atoms with Gasteiger partial charge in [0.2, 0.25) is 5.91 Å². The van der Waals surface area contributed by atoms with Crippen molar-refractivity contribution in [1.82, 2.24) is 4.90 Å². The molecule has 0 aromatic rings. The molecule has 0 bridgehead atoms. The number of carbonyl (C=O) groups excluding carboxylic acids is 1. The lowest BCUT2D eigenvalue weighted by atomic mass is 9.78. The largest absolute Gasteiger partial charge is 0.396 e. The molecule has 3 unspecified atom stereocenters. The Morgan fingerprint density at radius 2 is 2.06 bits per heavy atom. The highest BCUT2D eigenvalue weighted by Crippen LogP contribution is 2.32. The van der Waals surface area contributed by atoms with Crippen molar-refractivity contribution in [2.24, 2.45) is 23.5 Å². The van der Waals surface area contributed by atoms with Crippen molar-refractivity contribution in [3.63, 3.8) is 0 Å². The van der Waals surface area contributed by atoms with Crippen molar-refractivity contribution in [3.05, 3.63) is 0 Å². The molecule has 0 aromatic carbocycles. The Morgan fingerprint density at radius 1 is 1.29 bits per heavy atom. The van der Waals surface area contributed by atoms with Crippen LogP contribution < -0.4 is 5.73 Å². The molecule has 0 aromatic heterocycles. The van der Waals surface area contributed by atoms with Gasteiger partial charge >= 0.3 is 0 Å². The Kier molecular flexibility index (Phi) is 4.40. The molecule has 1 heterocycles. The predicted molar refractivity (Wildman–Crippen MR) is 66.3 cm³/mol. The standard InChI is InChI=1S/C13H24N2O2/c14-7-11-3-1-2-4-12(11)13(17)15-6-5-10(8-15)9-16/h10-12,16H,1-9,14H2. The molecular weight excluding hydrogens is 216 g/mol. The number of carbonyl (C=O) groups is 1. The van der Waals surface area contributed by atoms with Crippen LogP contribution in [-0.2, 0) is 4.79 Å². The van der Waals surface area contributed by atoms with Crippen LogP contribution in [-0.4, -0.2) is 42.2 Å². The van der Waals surface area contributed by atoms with Crippen molar-refractivity contribution in [1.29, 1.82) is 0 Å². The summed E-state index contributed by atoms with van der Waals surface area (Å²) in [6.45, 7) is 2.39. The fourth-order valence-electron chi connectivity index (χ4n) is 3.23. The number of hydrogen-bond acceptors (Lipinski definition) is 3. The molecule has 0 spiro atoms. The average Bonchev–Trinajstić information content (AvgIpc) is 2.86. The van der Waals surface area contributed by atoms with E-state index in [1.54, 1.807) is 0 Å². The minimum absolute atomic E-state index is 0.145. The van der Waals surface area contributed by atoms with E-state index in [4.69, 9.17) is 10.8 Å². The third kappa shape index (κ3) is 2.80. The molecule has 1 amide bonds. The smallest absolute Gasteiger partial charge is 0.226 e. The number of nitrogens with two attached hydrogens (primary N) is 1. The molecule has 98 valence electrons. The van der Waals surface area contributed by atoms with Gasteiger partial charge in [0.05, 0.1) is 0 Å². The van der Waals surface area contributed by atoms with Gasteiger partial charge in [0.15, 0.2) is 0 Å². The average molecular weight is 240 g/mol. The summed E-state index contributed by atoms with van der Waals surface area (Å²) >= 11 is 0. The topological polar surface area (TPSA) is 66.6 Å². The molecule has 2 fully saturated rings. The van der Waals surface area contributed by atoms with Crippen LogP contribution in [0.25, 0.3) is 0 Å². The van der Waals surface area contributed by atoms with Crippen LogP contribution in [0.1, 0.15) is 32.1 Å². The summed E-state index contributed by atoms with van der Waals surface area (Å²) in [6.07, 6.45) is 5.42. The molecule has 1 saturated carbocycles. The van der Waals surface area contributed by atoms with Crippen LogP contribution in [0.15, 0.2) is 0 Å². The van der Waals surface area contributed by atoms with Crippen LogP contribution in [0.5, 0.6) is 0 Å². The first-order chi connectivity index (χ1) is 8.26. The Morgan fingerprint density at radius 3 is 2.71 bits per heavy atom. The van der Waals surface area contributed by atoms with Crippen molar-refractivity contribution in [2.75, 3.05) is 26.2 Å². The van der Waals surface area contributed by atoms with E-state index in [1.165, 1.54) is 6.42 Å². The van der Waals surface area contributed by atoms with Crippen LogP contribution >= 0.6 is 0 Å². The zero-order chi connectivity index (χ0) is 12.3. The first-order valence-corrected chi connectivity index (χ1v) is 6.86. The van der Waals surface area contributed by atoms with Crippen LogP contribution in [0.2, 0.25) is 0 Å². The second kappa shape index (κ2) is 5.83. The van der Waals surface area contributed by atoms with Crippen molar-refractivity contribution >= 4 is 5.91 Å². The summed E-state index contributed by atoms with van der Waals surface area (Å²) < 4.78 is 0. The first-order valence-electron chi connectivity index (χ1n) is 6.86. The van der Waals surface area contributed by atoms with Gasteiger partial charge in [-0.1, -0.05) is 12.8 Å². The van der Waals surface area contributed by atoms with Crippen LogP contribution in [0.4, 0.5) is 0 Å². The number of aliphatic hydroxyl groups excluding tert-OH is 1. The summed E-state index contributed by atoms with van der Waals surface area (Å²) in [4.78, 5) is 14.4. The number of hydrogen-bond donors (Lipinski definition) is 2. The maximum Gasteiger partial charge on any atom is 0.226 e. The molecule has 2 rings (SSSR count). The first kappa shape index (κ1) is 12.8. The fourth-order valence-corrected chi connectivity index (χ4v) is 3.23. The number of nitrogens with zero attached hydrogens (tertiary/aromatic N) is 1. The molecule has 3 atom stereocenters. The quantitative estimate of drug-likeness (QED) is 0.759. The molecule has 3 N–H and O–H groups in total. The number of rotatable bonds is 3. The van der Waals surface area contributed by atoms with Gasteiger partial charge in [-0.25, -0.2) is 0 Å². The lowest BCUT2D eigenvalue weighted by molar-refractivity contribution is -0.137. The van der Waals surface area contributed by atoms with Gasteiger partial charge in [0.25, 0.3) is 0 Å². The predicted octanol–water partition coefficient (Wildman–Crippen LogP) is 0.592. The lowest BCUT2D eigenvalue weighted by Gasteiger charge is -2.32. The SMILES string of the molecule is NCC1CCCCC1C(=O)N1CCC(CO)C1. The van der Waals surface area contributed by atoms with Gasteiger partial charge in [-0.2, -0.15) is 0 Å². The Balaban J connectivity index is 1.94. The second-order valence-corrected chi connectivity index (χ2v) is 5.51. The monoisotopic (exact) mass is 240 g/mol. The highest BCUT2D eigenvalue weighted by atomic mass is 16.3. The Bertz CT molecular complexity index is 270. The number of amides is 1. The van der Waals surface area contributed by atoms with Gasteiger partial charge < -0.3 is 15.7 Å². The van der Waals surface area contributed by atoms with E-state index in [9.17, 15) is 4.79 Å². The van der Waals surface area contributed by atoms with E-state index in [1.807, 2.05) is 4.90 Å². The van der Waals surface area contributed by atoms with Gasteiger partial charge in [-0.3, -0.25) is 4.79 Å². The van der Waals surface area contributed by atoms with E-state index in [-0.39, 0.29) is 18.4 Å². The van der Waals surface area contributed by atoms with Gasteiger partial charge in [0, 0.05) is 31.5 Å². The van der Waals surface area contributed by atoms with Crippen molar-refractivity contribution in [3.8, 4) is 0 Å². The highest BCUT2D eigenvalue weighted by Gasteiger charge is 2.35. The molecule has 4 nitrogen and oxygen atoms in total. The summed E-state index contributed by atoms with van der Waals surface area (Å²) in [6, 6.07) is 0.